The SMILES string of the molecule is CN=C1SC(CC(=O)Nc2ccc3ccccc3c2)C(=O)N1C. The highest BCUT2D eigenvalue weighted by atomic mass is 32.2. The molecular weight excluding hydrogens is 310 g/mol. The molecule has 118 valence electrons. The number of rotatable bonds is 3. The van der Waals surface area contributed by atoms with Crippen LogP contribution in [0.15, 0.2) is 47.5 Å². The maximum Gasteiger partial charge on any atom is 0.242 e. The molecule has 0 spiro atoms. The summed E-state index contributed by atoms with van der Waals surface area (Å²) in [7, 11) is 3.32. The molecule has 5 nitrogen and oxygen atoms in total. The van der Waals surface area contributed by atoms with Crippen LogP contribution in [0.5, 0.6) is 0 Å². The first-order valence-corrected chi connectivity index (χ1v) is 8.16. The van der Waals surface area contributed by atoms with Crippen molar-refractivity contribution in [3.05, 3.63) is 42.5 Å². The second-order valence-corrected chi connectivity index (χ2v) is 6.49. The van der Waals surface area contributed by atoms with Gasteiger partial charge in [0.15, 0.2) is 5.17 Å². The smallest absolute Gasteiger partial charge is 0.242 e. The summed E-state index contributed by atoms with van der Waals surface area (Å²) < 4.78 is 0. The van der Waals surface area contributed by atoms with E-state index in [1.165, 1.54) is 16.7 Å². The van der Waals surface area contributed by atoms with E-state index < -0.39 is 5.25 Å². The molecule has 1 aliphatic rings. The molecule has 0 aliphatic carbocycles. The van der Waals surface area contributed by atoms with Gasteiger partial charge in [0.2, 0.25) is 11.8 Å². The molecule has 0 aromatic heterocycles. The van der Waals surface area contributed by atoms with Crippen molar-refractivity contribution in [3.8, 4) is 0 Å². The molecular formula is C17H17N3O2S. The third kappa shape index (κ3) is 3.22. The van der Waals surface area contributed by atoms with E-state index in [2.05, 4.69) is 10.3 Å². The highest BCUT2D eigenvalue weighted by molar-refractivity contribution is 8.15. The zero-order valence-corrected chi connectivity index (χ0v) is 13.8. The Labute approximate surface area is 138 Å². The Hall–Kier alpha value is -2.34. The first-order valence-electron chi connectivity index (χ1n) is 7.28. The van der Waals surface area contributed by atoms with Crippen molar-refractivity contribution in [1.29, 1.82) is 0 Å². The number of benzene rings is 2. The van der Waals surface area contributed by atoms with E-state index in [0.717, 1.165) is 16.5 Å². The second-order valence-electron chi connectivity index (χ2n) is 5.32. The number of nitrogens with one attached hydrogen (secondary N) is 1. The van der Waals surface area contributed by atoms with E-state index in [1.807, 2.05) is 42.5 Å². The van der Waals surface area contributed by atoms with E-state index in [-0.39, 0.29) is 18.2 Å². The number of hydrogen-bond donors (Lipinski definition) is 1. The van der Waals surface area contributed by atoms with Gasteiger partial charge in [-0.3, -0.25) is 19.5 Å². The van der Waals surface area contributed by atoms with Crippen LogP contribution in [-0.2, 0) is 9.59 Å². The van der Waals surface area contributed by atoms with Crippen molar-refractivity contribution in [2.45, 2.75) is 11.7 Å². The summed E-state index contributed by atoms with van der Waals surface area (Å²) >= 11 is 1.33. The van der Waals surface area contributed by atoms with Gasteiger partial charge in [0.25, 0.3) is 0 Å². The average Bonchev–Trinajstić information content (AvgIpc) is 2.82. The molecule has 0 bridgehead atoms. The molecule has 1 aliphatic heterocycles. The predicted molar refractivity (Wildman–Crippen MR) is 94.7 cm³/mol. The van der Waals surface area contributed by atoms with Gasteiger partial charge >= 0.3 is 0 Å². The van der Waals surface area contributed by atoms with Crippen molar-refractivity contribution in [2.24, 2.45) is 4.99 Å². The number of nitrogens with zero attached hydrogens (tertiary/aromatic N) is 2. The Balaban J connectivity index is 1.68. The number of carbonyl (C=O) groups is 2. The first kappa shape index (κ1) is 15.6. The van der Waals surface area contributed by atoms with Crippen LogP contribution in [0, 0.1) is 0 Å². The molecule has 1 N–H and O–H groups in total. The fourth-order valence-corrected chi connectivity index (χ4v) is 3.65. The normalized spacial score (nSPS) is 19.6. The number of hydrogen-bond acceptors (Lipinski definition) is 4. The lowest BCUT2D eigenvalue weighted by atomic mass is 10.1. The Morgan fingerprint density at radius 2 is 2.00 bits per heavy atom. The van der Waals surface area contributed by atoms with Crippen LogP contribution in [0.3, 0.4) is 0 Å². The van der Waals surface area contributed by atoms with Crippen LogP contribution in [0.4, 0.5) is 5.69 Å². The molecule has 1 atom stereocenters. The van der Waals surface area contributed by atoms with Crippen LogP contribution >= 0.6 is 11.8 Å². The van der Waals surface area contributed by atoms with Crippen LogP contribution < -0.4 is 5.32 Å². The van der Waals surface area contributed by atoms with Gasteiger partial charge < -0.3 is 5.32 Å². The minimum absolute atomic E-state index is 0.0794. The fraction of sp³-hybridized carbons (Fsp3) is 0.235. The van der Waals surface area contributed by atoms with E-state index >= 15 is 0 Å². The standard InChI is InChI=1S/C17H17N3O2S/c1-18-17-20(2)16(22)14(23-17)10-15(21)19-13-8-7-11-5-3-4-6-12(11)9-13/h3-9,14H,10H2,1-2H3,(H,19,21). The Bertz CT molecular complexity index is 803. The molecule has 1 saturated heterocycles. The van der Waals surface area contributed by atoms with E-state index in [4.69, 9.17) is 0 Å². The zero-order valence-electron chi connectivity index (χ0n) is 12.9. The summed E-state index contributed by atoms with van der Waals surface area (Å²) in [6, 6.07) is 13.7. The summed E-state index contributed by atoms with van der Waals surface area (Å²) in [5.41, 5.74) is 0.738. The Morgan fingerprint density at radius 3 is 2.70 bits per heavy atom. The van der Waals surface area contributed by atoms with Crippen LogP contribution in [-0.4, -0.2) is 41.2 Å². The lowest BCUT2D eigenvalue weighted by Crippen LogP contribution is -2.30. The third-order valence-corrected chi connectivity index (χ3v) is 5.06. The Morgan fingerprint density at radius 1 is 1.26 bits per heavy atom. The molecule has 0 radical (unpaired) electrons. The molecule has 1 heterocycles. The van der Waals surface area contributed by atoms with E-state index in [9.17, 15) is 9.59 Å². The van der Waals surface area contributed by atoms with Gasteiger partial charge in [0.05, 0.1) is 0 Å². The summed E-state index contributed by atoms with van der Waals surface area (Å²) in [6.45, 7) is 0. The molecule has 0 saturated carbocycles. The van der Waals surface area contributed by atoms with Crippen molar-refractivity contribution >= 4 is 45.2 Å². The number of anilines is 1. The van der Waals surface area contributed by atoms with Gasteiger partial charge in [0, 0.05) is 26.2 Å². The maximum atomic E-state index is 12.2. The quantitative estimate of drug-likeness (QED) is 0.943. The van der Waals surface area contributed by atoms with Gasteiger partial charge in [-0.25, -0.2) is 0 Å². The van der Waals surface area contributed by atoms with Gasteiger partial charge in [-0.1, -0.05) is 42.1 Å². The number of aliphatic imine (C=N–C) groups is 1. The molecule has 6 heteroatoms. The summed E-state index contributed by atoms with van der Waals surface area (Å²) in [5.74, 6) is -0.249. The fourth-order valence-electron chi connectivity index (χ4n) is 2.55. The lowest BCUT2D eigenvalue weighted by molar-refractivity contribution is -0.127. The predicted octanol–water partition coefficient (Wildman–Crippen LogP) is 2.73. The number of amides is 2. The van der Waals surface area contributed by atoms with Crippen LogP contribution in [0.25, 0.3) is 10.8 Å². The van der Waals surface area contributed by atoms with Crippen molar-refractivity contribution in [1.82, 2.24) is 4.90 Å². The highest BCUT2D eigenvalue weighted by Crippen LogP contribution is 2.28. The minimum atomic E-state index is -0.404. The van der Waals surface area contributed by atoms with Gasteiger partial charge in [-0.05, 0) is 22.9 Å². The minimum Gasteiger partial charge on any atom is -0.326 e. The van der Waals surface area contributed by atoms with E-state index in [0.29, 0.717) is 5.17 Å². The van der Waals surface area contributed by atoms with Crippen LogP contribution in [0.1, 0.15) is 6.42 Å². The Kier molecular flexibility index (Phi) is 4.34. The number of fused-ring (bicyclic) bond motifs is 1. The van der Waals surface area contributed by atoms with Crippen LogP contribution in [0.2, 0.25) is 0 Å². The van der Waals surface area contributed by atoms with E-state index in [1.54, 1.807) is 14.1 Å². The monoisotopic (exact) mass is 327 g/mol. The van der Waals surface area contributed by atoms with Crippen molar-refractivity contribution in [2.75, 3.05) is 19.4 Å². The first-order chi connectivity index (χ1) is 11.1. The topological polar surface area (TPSA) is 61.8 Å². The van der Waals surface area contributed by atoms with Gasteiger partial charge in [0.1, 0.15) is 5.25 Å². The average molecular weight is 327 g/mol. The molecule has 3 rings (SSSR count). The molecule has 2 aromatic rings. The summed E-state index contributed by atoms with van der Waals surface area (Å²) in [4.78, 5) is 29.8. The number of thioether (sulfide) groups is 1. The molecule has 1 unspecified atom stereocenters. The van der Waals surface area contributed by atoms with Gasteiger partial charge in [-0.2, -0.15) is 0 Å². The molecule has 1 fully saturated rings. The van der Waals surface area contributed by atoms with Crippen molar-refractivity contribution in [3.63, 3.8) is 0 Å². The third-order valence-electron chi connectivity index (χ3n) is 3.74. The van der Waals surface area contributed by atoms with Gasteiger partial charge in [-0.15, -0.1) is 0 Å². The summed E-state index contributed by atoms with van der Waals surface area (Å²) in [6.07, 6.45) is 0.139. The van der Waals surface area contributed by atoms with Crippen molar-refractivity contribution < 1.29 is 9.59 Å². The largest absolute Gasteiger partial charge is 0.326 e. The lowest BCUT2D eigenvalue weighted by Gasteiger charge is -2.09. The number of amidine groups is 1. The zero-order chi connectivity index (χ0) is 16.4. The molecule has 2 aromatic carbocycles. The number of carbonyl (C=O) groups excluding carboxylic acids is 2. The highest BCUT2D eigenvalue weighted by Gasteiger charge is 2.36. The molecule has 2 amide bonds. The second kappa shape index (κ2) is 6.42. The maximum absolute atomic E-state index is 12.2. The molecule has 23 heavy (non-hydrogen) atoms. The summed E-state index contributed by atoms with van der Waals surface area (Å²) in [5, 5.41) is 5.30.